The zero-order valence-corrected chi connectivity index (χ0v) is 16.1. The summed E-state index contributed by atoms with van der Waals surface area (Å²) in [6.07, 6.45) is 1.04. The minimum absolute atomic E-state index is 0.416. The summed E-state index contributed by atoms with van der Waals surface area (Å²) in [5.41, 5.74) is 4.35. The first-order valence-electron chi connectivity index (χ1n) is 8.63. The van der Waals surface area contributed by atoms with Crippen LogP contribution in [0.25, 0.3) is 0 Å². The van der Waals surface area contributed by atoms with Crippen molar-refractivity contribution in [2.45, 2.75) is 26.5 Å². The monoisotopic (exact) mass is 385 g/mol. The number of aryl methyl sites for hydroxylation is 1. The first-order valence-corrected chi connectivity index (χ1v) is 9.38. The van der Waals surface area contributed by atoms with Gasteiger partial charge < -0.3 is 10.1 Å². The molecule has 0 saturated carbocycles. The molecule has 3 aromatic rings. The summed E-state index contributed by atoms with van der Waals surface area (Å²) in [5, 5.41) is 4.82. The van der Waals surface area contributed by atoms with E-state index >= 15 is 0 Å². The molecule has 2 nitrogen and oxygen atoms in total. The van der Waals surface area contributed by atoms with Crippen molar-refractivity contribution < 1.29 is 4.74 Å². The first-order chi connectivity index (χ1) is 12.7. The van der Waals surface area contributed by atoms with E-state index in [0.717, 1.165) is 29.0 Å². The van der Waals surface area contributed by atoms with E-state index in [1.807, 2.05) is 42.5 Å². The molecule has 1 N–H and O–H groups in total. The molecule has 0 saturated heterocycles. The molecule has 0 aromatic heterocycles. The standard InChI is InChI=1S/C22H21Cl2NO/c1-2-16-7-10-20(11-8-16)25-14-18-13-19(23)9-12-22(18)26-15-17-5-3-4-6-21(17)24/h3-13,25H,2,14-15H2,1H3. The molecule has 0 heterocycles. The van der Waals surface area contributed by atoms with Gasteiger partial charge in [-0.1, -0.05) is 60.5 Å². The Bertz CT molecular complexity index is 862. The Morgan fingerprint density at radius 3 is 2.38 bits per heavy atom. The highest BCUT2D eigenvalue weighted by Gasteiger charge is 2.07. The van der Waals surface area contributed by atoms with Crippen LogP contribution >= 0.6 is 23.2 Å². The fraction of sp³-hybridized carbons (Fsp3) is 0.182. The van der Waals surface area contributed by atoms with Gasteiger partial charge in [0.15, 0.2) is 0 Å². The summed E-state index contributed by atoms with van der Waals surface area (Å²) in [6, 6.07) is 21.8. The van der Waals surface area contributed by atoms with Crippen LogP contribution in [0.15, 0.2) is 66.7 Å². The van der Waals surface area contributed by atoms with Crippen LogP contribution in [0.4, 0.5) is 5.69 Å². The van der Waals surface area contributed by atoms with Crippen LogP contribution in [0.2, 0.25) is 10.0 Å². The number of rotatable bonds is 7. The zero-order valence-electron chi connectivity index (χ0n) is 14.6. The van der Waals surface area contributed by atoms with Gasteiger partial charge in [0.2, 0.25) is 0 Å². The van der Waals surface area contributed by atoms with Crippen LogP contribution in [0, 0.1) is 0 Å². The van der Waals surface area contributed by atoms with Crippen LogP contribution in [-0.2, 0) is 19.6 Å². The van der Waals surface area contributed by atoms with Gasteiger partial charge in [-0.3, -0.25) is 0 Å². The van der Waals surface area contributed by atoms with E-state index < -0.39 is 0 Å². The number of halogens is 2. The van der Waals surface area contributed by atoms with Gasteiger partial charge in [0.1, 0.15) is 12.4 Å². The number of benzene rings is 3. The molecule has 0 atom stereocenters. The maximum Gasteiger partial charge on any atom is 0.124 e. The second-order valence-electron chi connectivity index (χ2n) is 6.04. The second-order valence-corrected chi connectivity index (χ2v) is 6.88. The number of ether oxygens (including phenoxy) is 1. The molecule has 4 heteroatoms. The minimum atomic E-state index is 0.416. The first kappa shape index (κ1) is 18.6. The fourth-order valence-corrected chi connectivity index (χ4v) is 3.04. The lowest BCUT2D eigenvalue weighted by Crippen LogP contribution is -2.04. The van der Waals surface area contributed by atoms with E-state index in [1.54, 1.807) is 0 Å². The Kier molecular flexibility index (Phi) is 6.43. The van der Waals surface area contributed by atoms with Crippen molar-refractivity contribution in [1.82, 2.24) is 0 Å². The van der Waals surface area contributed by atoms with Crippen molar-refractivity contribution in [2.75, 3.05) is 5.32 Å². The zero-order chi connectivity index (χ0) is 18.4. The van der Waals surface area contributed by atoms with Crippen molar-refractivity contribution in [2.24, 2.45) is 0 Å². The highest BCUT2D eigenvalue weighted by molar-refractivity contribution is 6.31. The summed E-state index contributed by atoms with van der Waals surface area (Å²) in [5.74, 6) is 0.798. The molecule has 3 aromatic carbocycles. The number of nitrogens with one attached hydrogen (secondary N) is 1. The Morgan fingerprint density at radius 1 is 0.885 bits per heavy atom. The smallest absolute Gasteiger partial charge is 0.124 e. The number of hydrogen-bond donors (Lipinski definition) is 1. The van der Waals surface area contributed by atoms with Crippen molar-refractivity contribution in [3.8, 4) is 5.75 Å². The average Bonchev–Trinajstić information content (AvgIpc) is 2.67. The summed E-state index contributed by atoms with van der Waals surface area (Å²) >= 11 is 12.4. The number of hydrogen-bond acceptors (Lipinski definition) is 2. The van der Waals surface area contributed by atoms with Crippen molar-refractivity contribution in [3.63, 3.8) is 0 Å². The summed E-state index contributed by atoms with van der Waals surface area (Å²) in [7, 11) is 0. The maximum absolute atomic E-state index is 6.21. The molecule has 0 radical (unpaired) electrons. The minimum Gasteiger partial charge on any atom is -0.488 e. The molecule has 26 heavy (non-hydrogen) atoms. The lowest BCUT2D eigenvalue weighted by Gasteiger charge is -2.14. The molecule has 0 unspecified atom stereocenters. The SMILES string of the molecule is CCc1ccc(NCc2cc(Cl)ccc2OCc2ccccc2Cl)cc1. The van der Waals surface area contributed by atoms with Gasteiger partial charge in [0.05, 0.1) is 0 Å². The van der Waals surface area contributed by atoms with Gasteiger partial charge in [-0.25, -0.2) is 0 Å². The van der Waals surface area contributed by atoms with E-state index in [4.69, 9.17) is 27.9 Å². The fourth-order valence-electron chi connectivity index (χ4n) is 2.65. The van der Waals surface area contributed by atoms with E-state index in [0.29, 0.717) is 23.2 Å². The average molecular weight is 386 g/mol. The van der Waals surface area contributed by atoms with Crippen molar-refractivity contribution in [3.05, 3.63) is 93.5 Å². The van der Waals surface area contributed by atoms with Crippen LogP contribution in [0.5, 0.6) is 5.75 Å². The molecule has 0 amide bonds. The third kappa shape index (κ3) is 4.94. The van der Waals surface area contributed by atoms with Gasteiger partial charge in [-0.05, 0) is 48.4 Å². The number of anilines is 1. The Morgan fingerprint density at radius 2 is 1.65 bits per heavy atom. The Labute approximate surface area is 164 Å². The second kappa shape index (κ2) is 8.98. The summed E-state index contributed by atoms with van der Waals surface area (Å²) in [6.45, 7) is 3.19. The normalized spacial score (nSPS) is 10.6. The van der Waals surface area contributed by atoms with Crippen LogP contribution in [-0.4, -0.2) is 0 Å². The van der Waals surface area contributed by atoms with Crippen molar-refractivity contribution >= 4 is 28.9 Å². The van der Waals surface area contributed by atoms with Crippen LogP contribution < -0.4 is 10.1 Å². The summed E-state index contributed by atoms with van der Waals surface area (Å²) in [4.78, 5) is 0. The predicted octanol–water partition coefficient (Wildman–Crippen LogP) is 6.75. The molecular weight excluding hydrogens is 365 g/mol. The van der Waals surface area contributed by atoms with E-state index in [9.17, 15) is 0 Å². The highest BCUT2D eigenvalue weighted by Crippen LogP contribution is 2.26. The molecule has 0 bridgehead atoms. The lowest BCUT2D eigenvalue weighted by molar-refractivity contribution is 0.303. The molecule has 134 valence electrons. The largest absolute Gasteiger partial charge is 0.488 e. The Balaban J connectivity index is 1.70. The highest BCUT2D eigenvalue weighted by atomic mass is 35.5. The Hall–Kier alpha value is -2.16. The molecule has 0 aliphatic carbocycles. The molecule has 0 fully saturated rings. The molecule has 3 rings (SSSR count). The molecule has 0 aliphatic rings. The predicted molar refractivity (Wildman–Crippen MR) is 110 cm³/mol. The van der Waals surface area contributed by atoms with Gasteiger partial charge in [0, 0.05) is 33.4 Å². The lowest BCUT2D eigenvalue weighted by atomic mass is 10.1. The topological polar surface area (TPSA) is 21.3 Å². The van der Waals surface area contributed by atoms with Crippen LogP contribution in [0.1, 0.15) is 23.6 Å². The third-order valence-electron chi connectivity index (χ3n) is 4.21. The van der Waals surface area contributed by atoms with Gasteiger partial charge in [-0.2, -0.15) is 0 Å². The van der Waals surface area contributed by atoms with Crippen molar-refractivity contribution in [1.29, 1.82) is 0 Å². The van der Waals surface area contributed by atoms with Crippen LogP contribution in [0.3, 0.4) is 0 Å². The third-order valence-corrected chi connectivity index (χ3v) is 4.81. The summed E-state index contributed by atoms with van der Waals surface area (Å²) < 4.78 is 6.00. The van der Waals surface area contributed by atoms with Gasteiger partial charge in [-0.15, -0.1) is 0 Å². The van der Waals surface area contributed by atoms with Gasteiger partial charge in [0.25, 0.3) is 0 Å². The molecular formula is C22H21Cl2NO. The van der Waals surface area contributed by atoms with E-state index in [-0.39, 0.29) is 0 Å². The maximum atomic E-state index is 6.21. The van der Waals surface area contributed by atoms with E-state index in [1.165, 1.54) is 5.56 Å². The van der Waals surface area contributed by atoms with Gasteiger partial charge >= 0.3 is 0 Å². The quantitative estimate of drug-likeness (QED) is 0.485. The van der Waals surface area contributed by atoms with E-state index in [2.05, 4.69) is 36.5 Å². The molecule has 0 spiro atoms. The molecule has 0 aliphatic heterocycles.